The molecule has 4 aromatic carbocycles. The van der Waals surface area contributed by atoms with Gasteiger partial charge in [-0.05, 0) is 47.4 Å². The smallest absolute Gasteiger partial charge is 0.216 e. The summed E-state index contributed by atoms with van der Waals surface area (Å²) in [6.45, 7) is 6.81. The van der Waals surface area contributed by atoms with Crippen LogP contribution in [-0.4, -0.2) is 7.05 Å². The van der Waals surface area contributed by atoms with Crippen LogP contribution < -0.4 is 9.47 Å². The van der Waals surface area contributed by atoms with Gasteiger partial charge in [-0.15, -0.1) is 0 Å². The molecule has 3 nitrogen and oxygen atoms in total. The molecule has 2 aromatic heterocycles. The third-order valence-corrected chi connectivity index (χ3v) is 8.47. The highest BCUT2D eigenvalue weighted by Crippen LogP contribution is 2.49. The first-order valence-corrected chi connectivity index (χ1v) is 13.2. The highest BCUT2D eigenvalue weighted by Gasteiger charge is 2.35. The number of rotatable bonds is 2. The molecule has 7 rings (SSSR count). The number of nitrogens with zero attached hydrogens (tertiary/aromatic N) is 2. The monoisotopic (exact) mass is 495 g/mol. The molecule has 6 aromatic rings. The molecule has 186 valence electrons. The van der Waals surface area contributed by atoms with E-state index < -0.39 is 0 Å². The fraction of sp³-hybridized carbons (Fsp3) is 0.171. The van der Waals surface area contributed by atoms with Gasteiger partial charge in [-0.2, -0.15) is 0 Å². The molecule has 0 N–H and O–H groups in total. The van der Waals surface area contributed by atoms with Gasteiger partial charge in [0.05, 0.1) is 5.56 Å². The van der Waals surface area contributed by atoms with E-state index in [1.165, 1.54) is 33.6 Å². The van der Waals surface area contributed by atoms with Gasteiger partial charge in [0.25, 0.3) is 0 Å². The van der Waals surface area contributed by atoms with Crippen molar-refractivity contribution >= 4 is 33.3 Å². The Bertz CT molecular complexity index is 1890. The van der Waals surface area contributed by atoms with Crippen molar-refractivity contribution in [3.8, 4) is 22.4 Å². The molecule has 0 spiro atoms. The van der Waals surface area contributed by atoms with Gasteiger partial charge in [0.2, 0.25) is 5.69 Å². The molecule has 0 unspecified atom stereocenters. The topological polar surface area (TPSA) is 20.3 Å². The van der Waals surface area contributed by atoms with Crippen LogP contribution in [0.1, 0.15) is 30.5 Å². The first kappa shape index (κ1) is 22.8. The van der Waals surface area contributed by atoms with Crippen molar-refractivity contribution in [3.63, 3.8) is 0 Å². The standard InChI is InChI=1S/C35H31N2O/c1-22-16-18-26-25-12-10-11-24(33(25)38-34(26)32(22)30-15-8-9-20-36(30)4)23-17-19-28-31(21-23)37(5)29-14-7-6-13-27(29)35(28,2)3/h6-21H,1-5H3/q+1. The van der Waals surface area contributed by atoms with E-state index in [0.717, 1.165) is 38.8 Å². The number of anilines is 2. The third kappa shape index (κ3) is 3.11. The fourth-order valence-electron chi connectivity index (χ4n) is 6.36. The number of hydrogen-bond acceptors (Lipinski definition) is 2. The Kier molecular flexibility index (Phi) is 4.84. The summed E-state index contributed by atoms with van der Waals surface area (Å²) < 4.78 is 8.96. The summed E-state index contributed by atoms with van der Waals surface area (Å²) in [5.74, 6) is 0. The molecule has 0 amide bonds. The van der Waals surface area contributed by atoms with E-state index >= 15 is 0 Å². The highest BCUT2D eigenvalue weighted by molar-refractivity contribution is 6.13. The van der Waals surface area contributed by atoms with Gasteiger partial charge in [0, 0.05) is 52.3 Å². The van der Waals surface area contributed by atoms with E-state index in [-0.39, 0.29) is 5.41 Å². The summed E-state index contributed by atoms with van der Waals surface area (Å²) in [7, 11) is 4.26. The molecule has 0 atom stereocenters. The highest BCUT2D eigenvalue weighted by atomic mass is 16.3. The summed E-state index contributed by atoms with van der Waals surface area (Å²) in [6.07, 6.45) is 2.09. The van der Waals surface area contributed by atoms with Crippen LogP contribution in [0, 0.1) is 6.92 Å². The van der Waals surface area contributed by atoms with Gasteiger partial charge >= 0.3 is 0 Å². The minimum atomic E-state index is -0.0695. The van der Waals surface area contributed by atoms with Crippen molar-refractivity contribution in [1.29, 1.82) is 0 Å². The molecule has 3 heteroatoms. The number of benzene rings is 4. The molecule has 0 saturated heterocycles. The second kappa shape index (κ2) is 8.06. The summed E-state index contributed by atoms with van der Waals surface area (Å²) in [5.41, 5.74) is 12.8. The summed E-state index contributed by atoms with van der Waals surface area (Å²) in [5, 5.41) is 2.30. The quantitative estimate of drug-likeness (QED) is 0.225. The van der Waals surface area contributed by atoms with Crippen molar-refractivity contribution in [1.82, 2.24) is 0 Å². The molecule has 3 heterocycles. The normalized spacial score (nSPS) is 14.1. The summed E-state index contributed by atoms with van der Waals surface area (Å²) in [4.78, 5) is 2.33. The Hall–Kier alpha value is -4.37. The van der Waals surface area contributed by atoms with Crippen LogP contribution >= 0.6 is 0 Å². The number of furan rings is 1. The number of para-hydroxylation sites is 2. The Balaban J connectivity index is 1.46. The fourth-order valence-corrected chi connectivity index (χ4v) is 6.36. The van der Waals surface area contributed by atoms with Crippen molar-refractivity contribution < 1.29 is 8.98 Å². The van der Waals surface area contributed by atoms with E-state index in [1.54, 1.807) is 0 Å². The minimum Gasteiger partial charge on any atom is -0.454 e. The molecule has 1 aliphatic heterocycles. The van der Waals surface area contributed by atoms with Gasteiger partial charge in [-0.25, -0.2) is 4.57 Å². The lowest BCUT2D eigenvalue weighted by molar-refractivity contribution is -0.660. The average Bonchev–Trinajstić information content (AvgIpc) is 3.31. The van der Waals surface area contributed by atoms with Gasteiger partial charge in [-0.3, -0.25) is 0 Å². The molecular formula is C35H31N2O+. The molecule has 38 heavy (non-hydrogen) atoms. The number of aryl methyl sites for hydroxylation is 2. The lowest BCUT2D eigenvalue weighted by atomic mass is 9.73. The zero-order chi connectivity index (χ0) is 26.2. The lowest BCUT2D eigenvalue weighted by Crippen LogP contribution is -2.30. The van der Waals surface area contributed by atoms with Crippen molar-refractivity contribution in [2.75, 3.05) is 11.9 Å². The second-order valence-electron chi connectivity index (χ2n) is 11.0. The molecule has 1 aliphatic rings. The first-order chi connectivity index (χ1) is 18.4. The molecule has 0 bridgehead atoms. The third-order valence-electron chi connectivity index (χ3n) is 8.47. The van der Waals surface area contributed by atoms with Crippen molar-refractivity contribution in [2.45, 2.75) is 26.2 Å². The minimum absolute atomic E-state index is 0.0695. The van der Waals surface area contributed by atoms with Crippen LogP contribution in [0.2, 0.25) is 0 Å². The average molecular weight is 496 g/mol. The van der Waals surface area contributed by atoms with Crippen LogP contribution in [0.3, 0.4) is 0 Å². The maximum atomic E-state index is 6.80. The van der Waals surface area contributed by atoms with E-state index in [0.29, 0.717) is 0 Å². The van der Waals surface area contributed by atoms with E-state index in [4.69, 9.17) is 4.42 Å². The maximum Gasteiger partial charge on any atom is 0.216 e. The Morgan fingerprint density at radius 3 is 2.34 bits per heavy atom. The van der Waals surface area contributed by atoms with E-state index in [2.05, 4.69) is 142 Å². The molecule has 0 aliphatic carbocycles. The zero-order valence-corrected chi connectivity index (χ0v) is 22.5. The van der Waals surface area contributed by atoms with Crippen LogP contribution in [0.25, 0.3) is 44.3 Å². The zero-order valence-electron chi connectivity index (χ0n) is 22.5. The number of fused-ring (bicyclic) bond motifs is 5. The largest absolute Gasteiger partial charge is 0.454 e. The molecule has 0 fully saturated rings. The Labute approximate surface area is 223 Å². The summed E-state index contributed by atoms with van der Waals surface area (Å²) in [6, 6.07) is 32.9. The van der Waals surface area contributed by atoms with Crippen molar-refractivity contribution in [3.05, 3.63) is 114 Å². The predicted molar refractivity (Wildman–Crippen MR) is 157 cm³/mol. The maximum absolute atomic E-state index is 6.80. The Morgan fingerprint density at radius 1 is 0.737 bits per heavy atom. The molecule has 0 radical (unpaired) electrons. The van der Waals surface area contributed by atoms with E-state index in [1.807, 2.05) is 0 Å². The van der Waals surface area contributed by atoms with Gasteiger partial charge in [0.1, 0.15) is 18.2 Å². The van der Waals surface area contributed by atoms with Gasteiger partial charge in [0.15, 0.2) is 6.20 Å². The first-order valence-electron chi connectivity index (χ1n) is 13.2. The Morgan fingerprint density at radius 2 is 1.50 bits per heavy atom. The molecular weight excluding hydrogens is 464 g/mol. The number of pyridine rings is 1. The van der Waals surface area contributed by atoms with Crippen LogP contribution in [-0.2, 0) is 12.5 Å². The number of aromatic nitrogens is 1. The van der Waals surface area contributed by atoms with Crippen LogP contribution in [0.15, 0.2) is 102 Å². The second-order valence-corrected chi connectivity index (χ2v) is 11.0. The molecule has 0 saturated carbocycles. The van der Waals surface area contributed by atoms with Crippen LogP contribution in [0.5, 0.6) is 0 Å². The summed E-state index contributed by atoms with van der Waals surface area (Å²) >= 11 is 0. The SMILES string of the molecule is Cc1ccc2c(oc3c(-c4ccc5c(c4)N(C)c4ccccc4C5(C)C)cccc32)c1-c1cccc[n+]1C. The van der Waals surface area contributed by atoms with Gasteiger partial charge < -0.3 is 9.32 Å². The predicted octanol–water partition coefficient (Wildman–Crippen LogP) is 8.46. The lowest BCUT2D eigenvalue weighted by Gasteiger charge is -2.40. The number of hydrogen-bond donors (Lipinski definition) is 0. The van der Waals surface area contributed by atoms with Gasteiger partial charge in [-0.1, -0.05) is 74.5 Å². The van der Waals surface area contributed by atoms with E-state index in [9.17, 15) is 0 Å². The van der Waals surface area contributed by atoms with Crippen molar-refractivity contribution in [2.24, 2.45) is 7.05 Å². The van der Waals surface area contributed by atoms with Crippen LogP contribution in [0.4, 0.5) is 11.4 Å².